The molecule has 152 valence electrons. The summed E-state index contributed by atoms with van der Waals surface area (Å²) in [6.45, 7) is 0. The second-order valence-electron chi connectivity index (χ2n) is 6.07. The number of carbonyl (C=O) groups excluding carboxylic acids is 2. The van der Waals surface area contributed by atoms with E-state index in [1.165, 1.54) is 36.5 Å². The molecule has 0 aliphatic heterocycles. The van der Waals surface area contributed by atoms with Crippen molar-refractivity contribution in [2.24, 2.45) is 5.73 Å². The summed E-state index contributed by atoms with van der Waals surface area (Å²) in [5, 5.41) is 12.2. The lowest BCUT2D eigenvalue weighted by Crippen LogP contribution is -2.19. The molecule has 0 fully saturated rings. The highest BCUT2D eigenvalue weighted by molar-refractivity contribution is 9.10. The van der Waals surface area contributed by atoms with E-state index in [4.69, 9.17) is 11.1 Å². The molecule has 30 heavy (non-hydrogen) atoms. The lowest BCUT2D eigenvalue weighted by molar-refractivity contribution is 0.102. The number of hydrogen-bond acceptors (Lipinski definition) is 4. The van der Waals surface area contributed by atoms with Gasteiger partial charge in [0.25, 0.3) is 11.8 Å². The molecule has 0 unspecified atom stereocenters. The van der Waals surface area contributed by atoms with E-state index < -0.39 is 23.4 Å². The first kappa shape index (κ1) is 21.1. The summed E-state index contributed by atoms with van der Waals surface area (Å²) >= 11 is 3.21. The van der Waals surface area contributed by atoms with Gasteiger partial charge in [-0.05, 0) is 46.3 Å². The second-order valence-corrected chi connectivity index (χ2v) is 6.99. The van der Waals surface area contributed by atoms with Gasteiger partial charge in [0.05, 0.1) is 11.3 Å². The summed E-state index contributed by atoms with van der Waals surface area (Å²) in [4.78, 5) is 29.1. The number of amidine groups is 1. The third kappa shape index (κ3) is 4.84. The predicted molar refractivity (Wildman–Crippen MR) is 112 cm³/mol. The Morgan fingerprint density at radius 2 is 1.57 bits per heavy atom. The number of nitrogens with zero attached hydrogens (tertiary/aromatic N) is 1. The highest BCUT2D eigenvalue weighted by Crippen LogP contribution is 2.22. The van der Waals surface area contributed by atoms with Gasteiger partial charge >= 0.3 is 0 Å². The number of amides is 2. The normalized spacial score (nSPS) is 10.4. The Labute approximate surface area is 178 Å². The summed E-state index contributed by atoms with van der Waals surface area (Å²) in [5.74, 6) is -3.89. The van der Waals surface area contributed by atoms with Gasteiger partial charge in [0.2, 0.25) is 0 Å². The van der Waals surface area contributed by atoms with Gasteiger partial charge in [-0.2, -0.15) is 0 Å². The largest absolute Gasteiger partial charge is 0.384 e. The topological polar surface area (TPSA) is 121 Å². The third-order valence-electron chi connectivity index (χ3n) is 3.98. The van der Waals surface area contributed by atoms with Crippen molar-refractivity contribution in [1.82, 2.24) is 4.98 Å². The molecule has 0 saturated carbocycles. The summed E-state index contributed by atoms with van der Waals surface area (Å²) in [6, 6.07) is 10.3. The monoisotopic (exact) mass is 473 g/mol. The molecule has 3 rings (SSSR count). The molecule has 2 amide bonds. The fraction of sp³-hybridized carbons (Fsp3) is 0. The minimum Gasteiger partial charge on any atom is -0.384 e. The maximum atomic E-state index is 13.8. The summed E-state index contributed by atoms with van der Waals surface area (Å²) in [7, 11) is 0. The Balaban J connectivity index is 1.87. The molecular formula is C20H14BrF2N5O2. The highest BCUT2D eigenvalue weighted by atomic mass is 79.9. The minimum absolute atomic E-state index is 0.164. The molecule has 0 spiro atoms. The standard InChI is InChI=1S/C20H14BrF2N5O2/c21-12-5-6-17(26-9-12)28-20(30)13-7-14(22)15(23)8-16(13)27-19(29)11-3-1-10(2-4-11)18(24)25/h1-9H,(H3,24,25)(H,27,29)(H,26,28,30). The summed E-state index contributed by atoms with van der Waals surface area (Å²) < 4.78 is 28.2. The van der Waals surface area contributed by atoms with Crippen molar-refractivity contribution in [3.8, 4) is 0 Å². The van der Waals surface area contributed by atoms with Crippen molar-refractivity contribution < 1.29 is 18.4 Å². The molecule has 0 bridgehead atoms. The summed E-state index contributed by atoms with van der Waals surface area (Å²) in [5.41, 5.74) is 5.46. The number of nitrogens with one attached hydrogen (secondary N) is 3. The average molecular weight is 474 g/mol. The molecule has 1 heterocycles. The van der Waals surface area contributed by atoms with Gasteiger partial charge < -0.3 is 16.4 Å². The van der Waals surface area contributed by atoms with Gasteiger partial charge in [-0.1, -0.05) is 12.1 Å². The Morgan fingerprint density at radius 1 is 0.933 bits per heavy atom. The van der Waals surface area contributed by atoms with Crippen LogP contribution in [0.4, 0.5) is 20.3 Å². The SMILES string of the molecule is N=C(N)c1ccc(C(=O)Nc2cc(F)c(F)cc2C(=O)Nc2ccc(Br)cn2)cc1. The van der Waals surface area contributed by atoms with Crippen LogP contribution in [0.2, 0.25) is 0 Å². The molecule has 0 aliphatic rings. The molecule has 7 nitrogen and oxygen atoms in total. The van der Waals surface area contributed by atoms with Crippen LogP contribution in [0.5, 0.6) is 0 Å². The lowest BCUT2D eigenvalue weighted by Gasteiger charge is -2.12. The third-order valence-corrected chi connectivity index (χ3v) is 4.45. The molecule has 2 aromatic carbocycles. The fourth-order valence-electron chi connectivity index (χ4n) is 2.47. The van der Waals surface area contributed by atoms with E-state index in [0.717, 1.165) is 6.07 Å². The molecule has 0 atom stereocenters. The Morgan fingerprint density at radius 3 is 2.17 bits per heavy atom. The number of pyridine rings is 1. The molecule has 0 aliphatic carbocycles. The van der Waals surface area contributed by atoms with Crippen molar-refractivity contribution in [3.63, 3.8) is 0 Å². The van der Waals surface area contributed by atoms with Crippen molar-refractivity contribution in [2.45, 2.75) is 0 Å². The number of aromatic nitrogens is 1. The quantitative estimate of drug-likeness (QED) is 0.331. The smallest absolute Gasteiger partial charge is 0.259 e. The molecule has 3 aromatic rings. The zero-order chi connectivity index (χ0) is 21.8. The van der Waals surface area contributed by atoms with Gasteiger partial charge in [-0.25, -0.2) is 13.8 Å². The molecular weight excluding hydrogens is 460 g/mol. The predicted octanol–water partition coefficient (Wildman–Crippen LogP) is 3.91. The van der Waals surface area contributed by atoms with E-state index in [1.54, 1.807) is 6.07 Å². The number of nitrogens with two attached hydrogens (primary N) is 1. The van der Waals surface area contributed by atoms with E-state index >= 15 is 0 Å². The zero-order valence-corrected chi connectivity index (χ0v) is 16.8. The number of anilines is 2. The van der Waals surface area contributed by atoms with Crippen molar-refractivity contribution >= 4 is 45.1 Å². The van der Waals surface area contributed by atoms with Crippen LogP contribution in [0.3, 0.4) is 0 Å². The maximum absolute atomic E-state index is 13.8. The van der Waals surface area contributed by atoms with Crippen LogP contribution in [0.15, 0.2) is 59.2 Å². The Bertz CT molecular complexity index is 1140. The van der Waals surface area contributed by atoms with Gasteiger partial charge in [0.15, 0.2) is 11.6 Å². The van der Waals surface area contributed by atoms with Gasteiger partial charge in [-0.15, -0.1) is 0 Å². The molecule has 0 radical (unpaired) electrons. The second kappa shape index (κ2) is 8.78. The van der Waals surface area contributed by atoms with E-state index in [0.29, 0.717) is 16.1 Å². The zero-order valence-electron chi connectivity index (χ0n) is 15.2. The van der Waals surface area contributed by atoms with Crippen LogP contribution in [0.1, 0.15) is 26.3 Å². The van der Waals surface area contributed by atoms with E-state index in [9.17, 15) is 18.4 Å². The van der Waals surface area contributed by atoms with E-state index in [2.05, 4.69) is 31.5 Å². The average Bonchev–Trinajstić information content (AvgIpc) is 2.72. The number of nitrogen functional groups attached to an aromatic ring is 1. The van der Waals surface area contributed by atoms with Crippen molar-refractivity contribution in [1.29, 1.82) is 5.41 Å². The number of hydrogen-bond donors (Lipinski definition) is 4. The first-order chi connectivity index (χ1) is 14.2. The van der Waals surface area contributed by atoms with Crippen LogP contribution in [0, 0.1) is 17.0 Å². The van der Waals surface area contributed by atoms with Gasteiger partial charge in [0, 0.05) is 27.9 Å². The molecule has 10 heteroatoms. The van der Waals surface area contributed by atoms with Crippen molar-refractivity contribution in [3.05, 3.63) is 87.5 Å². The van der Waals surface area contributed by atoms with E-state index in [-0.39, 0.29) is 28.5 Å². The fourth-order valence-corrected chi connectivity index (χ4v) is 2.70. The number of benzene rings is 2. The van der Waals surface area contributed by atoms with Crippen LogP contribution >= 0.6 is 15.9 Å². The summed E-state index contributed by atoms with van der Waals surface area (Å²) in [6.07, 6.45) is 1.45. The number of halogens is 3. The Hall–Kier alpha value is -3.66. The lowest BCUT2D eigenvalue weighted by atomic mass is 10.1. The van der Waals surface area contributed by atoms with Crippen molar-refractivity contribution in [2.75, 3.05) is 10.6 Å². The first-order valence-electron chi connectivity index (χ1n) is 8.42. The Kier molecular flexibility index (Phi) is 6.17. The number of rotatable bonds is 5. The maximum Gasteiger partial charge on any atom is 0.259 e. The number of carbonyl (C=O) groups is 2. The van der Waals surface area contributed by atoms with Gasteiger partial charge in [-0.3, -0.25) is 15.0 Å². The minimum atomic E-state index is -1.24. The highest BCUT2D eigenvalue weighted by Gasteiger charge is 2.19. The van der Waals surface area contributed by atoms with Crippen LogP contribution in [0.25, 0.3) is 0 Å². The first-order valence-corrected chi connectivity index (χ1v) is 9.21. The molecule has 5 N–H and O–H groups in total. The van der Waals surface area contributed by atoms with Crippen LogP contribution in [-0.4, -0.2) is 22.6 Å². The van der Waals surface area contributed by atoms with Crippen LogP contribution < -0.4 is 16.4 Å². The molecule has 0 saturated heterocycles. The van der Waals surface area contributed by atoms with Crippen LogP contribution in [-0.2, 0) is 0 Å². The van der Waals surface area contributed by atoms with Gasteiger partial charge in [0.1, 0.15) is 11.7 Å². The molecule has 1 aromatic heterocycles. The van der Waals surface area contributed by atoms with E-state index in [1.807, 2.05) is 0 Å².